The van der Waals surface area contributed by atoms with Gasteiger partial charge in [-0.15, -0.1) is 10.2 Å². The van der Waals surface area contributed by atoms with E-state index in [1.165, 1.54) is 36.3 Å². The molecule has 2 aromatic heterocycles. The zero-order chi connectivity index (χ0) is 31.1. The van der Waals surface area contributed by atoms with Gasteiger partial charge in [0.05, 0.1) is 31.0 Å². The minimum Gasteiger partial charge on any atom is -0.469 e. The highest BCUT2D eigenvalue weighted by Gasteiger charge is 2.20. The van der Waals surface area contributed by atoms with Crippen LogP contribution >= 0.6 is 23.2 Å². The number of amides is 1. The molecule has 0 saturated heterocycles. The molecule has 0 aliphatic carbocycles. The van der Waals surface area contributed by atoms with Gasteiger partial charge in [-0.25, -0.2) is 4.39 Å². The molecule has 44 heavy (non-hydrogen) atoms. The van der Waals surface area contributed by atoms with Gasteiger partial charge in [-0.2, -0.15) is 9.78 Å². The van der Waals surface area contributed by atoms with Gasteiger partial charge in [-0.1, -0.05) is 59.6 Å². The number of aromatic nitrogens is 6. The molecule has 0 unspecified atom stereocenters. The van der Waals surface area contributed by atoms with E-state index in [0.29, 0.717) is 34.0 Å². The number of methoxy groups -OCH3 is 1. The van der Waals surface area contributed by atoms with Crippen LogP contribution in [0.25, 0.3) is 22.9 Å². The number of nitrogens with zero attached hydrogens (tertiary/aromatic N) is 6. The highest BCUT2D eigenvalue weighted by Crippen LogP contribution is 2.29. The van der Waals surface area contributed by atoms with Crippen molar-refractivity contribution in [3.05, 3.63) is 124 Å². The Morgan fingerprint density at radius 2 is 1.75 bits per heavy atom. The predicted molar refractivity (Wildman–Crippen MR) is 162 cm³/mol. The number of rotatable bonds is 10. The zero-order valence-corrected chi connectivity index (χ0v) is 24.7. The number of tetrazole rings is 1. The molecule has 0 aliphatic heterocycles. The molecule has 10 nitrogen and oxygen atoms in total. The van der Waals surface area contributed by atoms with Gasteiger partial charge >= 0.3 is 5.97 Å². The fraction of sp³-hybridized carbons (Fsp3) is 0.129. The number of carbonyl (C=O) groups is 2. The van der Waals surface area contributed by atoms with E-state index >= 15 is 0 Å². The third kappa shape index (κ3) is 7.68. The number of esters is 1. The van der Waals surface area contributed by atoms with Crippen molar-refractivity contribution < 1.29 is 18.7 Å². The monoisotopic (exact) mass is 631 g/mol. The topological polar surface area (TPSA) is 125 Å². The Morgan fingerprint density at radius 1 is 1.00 bits per heavy atom. The van der Waals surface area contributed by atoms with Gasteiger partial charge in [-0.3, -0.25) is 9.59 Å². The van der Waals surface area contributed by atoms with Crippen molar-refractivity contribution in [3.8, 4) is 16.8 Å². The van der Waals surface area contributed by atoms with E-state index in [1.807, 2.05) is 12.1 Å². The van der Waals surface area contributed by atoms with E-state index < -0.39 is 11.9 Å². The average molecular weight is 632 g/mol. The number of carbonyl (C=O) groups excluding carboxylic acids is 2. The van der Waals surface area contributed by atoms with Crippen LogP contribution in [0.3, 0.4) is 0 Å². The zero-order valence-electron chi connectivity index (χ0n) is 23.2. The lowest BCUT2D eigenvalue weighted by Crippen LogP contribution is -2.29. The standard InChI is InChI=1S/C31H24Cl2FN7O3/c1-44-30(43)15-20-2-6-21(7-3-20)25-17-27(37-38-31(25)33)26(14-19-4-10-24(34)11-5-19)36-29(42)13-8-22-16-23(32)9-12-28(22)41-18-35-39-40-41/h2-13,16-18,26H,14-15H2,1H3,(H,36,42)/b13-8+/t26-/m0/s1. The number of hydrogen-bond acceptors (Lipinski definition) is 8. The first-order valence-electron chi connectivity index (χ1n) is 13.2. The molecule has 0 fully saturated rings. The number of hydrogen-bond donors (Lipinski definition) is 1. The molecule has 3 aromatic carbocycles. The predicted octanol–water partition coefficient (Wildman–Crippen LogP) is 5.39. The largest absolute Gasteiger partial charge is 0.469 e. The quantitative estimate of drug-likeness (QED) is 0.161. The first-order chi connectivity index (χ1) is 21.3. The lowest BCUT2D eigenvalue weighted by Gasteiger charge is -2.18. The molecule has 5 rings (SSSR count). The molecule has 0 bridgehead atoms. The summed E-state index contributed by atoms with van der Waals surface area (Å²) in [4.78, 5) is 24.9. The maximum atomic E-state index is 13.6. The number of halogens is 3. The maximum Gasteiger partial charge on any atom is 0.309 e. The summed E-state index contributed by atoms with van der Waals surface area (Å²) >= 11 is 12.6. The summed E-state index contributed by atoms with van der Waals surface area (Å²) in [5.41, 5.74) is 4.53. The Hall–Kier alpha value is -5.00. The first-order valence-corrected chi connectivity index (χ1v) is 14.0. The Kier molecular flexibility index (Phi) is 9.68. The lowest BCUT2D eigenvalue weighted by atomic mass is 9.99. The van der Waals surface area contributed by atoms with Crippen molar-refractivity contribution in [1.29, 1.82) is 0 Å². The van der Waals surface area contributed by atoms with Crippen LogP contribution in [0, 0.1) is 5.82 Å². The Balaban J connectivity index is 1.43. The summed E-state index contributed by atoms with van der Waals surface area (Å²) in [5.74, 6) is -1.15. The van der Waals surface area contributed by atoms with E-state index in [1.54, 1.807) is 54.6 Å². The summed E-state index contributed by atoms with van der Waals surface area (Å²) in [6.45, 7) is 0. The van der Waals surface area contributed by atoms with Gasteiger partial charge in [0.25, 0.3) is 0 Å². The second-order valence-electron chi connectivity index (χ2n) is 9.61. The minimum atomic E-state index is -0.655. The molecule has 222 valence electrons. The fourth-order valence-corrected chi connectivity index (χ4v) is 4.80. The van der Waals surface area contributed by atoms with Crippen LogP contribution in [0.15, 0.2) is 85.2 Å². The van der Waals surface area contributed by atoms with Crippen LogP contribution in [-0.2, 0) is 27.2 Å². The highest BCUT2D eigenvalue weighted by molar-refractivity contribution is 6.32. The van der Waals surface area contributed by atoms with E-state index in [9.17, 15) is 14.0 Å². The minimum absolute atomic E-state index is 0.135. The molecule has 1 amide bonds. The van der Waals surface area contributed by atoms with Crippen LogP contribution < -0.4 is 5.32 Å². The second-order valence-corrected chi connectivity index (χ2v) is 10.4. The first kappa shape index (κ1) is 30.5. The molecular weight excluding hydrogens is 608 g/mol. The van der Waals surface area contributed by atoms with Crippen LogP contribution in [0.4, 0.5) is 4.39 Å². The van der Waals surface area contributed by atoms with Crippen LogP contribution in [0.2, 0.25) is 10.2 Å². The van der Waals surface area contributed by atoms with Crippen molar-refractivity contribution in [2.75, 3.05) is 7.11 Å². The molecule has 0 radical (unpaired) electrons. The van der Waals surface area contributed by atoms with Crippen LogP contribution in [0.1, 0.15) is 28.4 Å². The SMILES string of the molecule is COC(=O)Cc1ccc(-c2cc([C@H](Cc3ccc(F)cc3)NC(=O)/C=C/c3cc(Cl)ccc3-n3cnnn3)nnc2Cl)cc1. The lowest BCUT2D eigenvalue weighted by molar-refractivity contribution is -0.139. The third-order valence-corrected chi connectivity index (χ3v) is 7.15. The molecule has 13 heteroatoms. The average Bonchev–Trinajstić information content (AvgIpc) is 3.56. The van der Waals surface area contributed by atoms with Gasteiger partial charge < -0.3 is 10.1 Å². The van der Waals surface area contributed by atoms with Crippen molar-refractivity contribution in [3.63, 3.8) is 0 Å². The molecule has 1 atom stereocenters. The van der Waals surface area contributed by atoms with Gasteiger partial charge in [-0.05, 0) is 76.0 Å². The van der Waals surface area contributed by atoms with Crippen LogP contribution in [0.5, 0.6) is 0 Å². The molecule has 0 aliphatic rings. The van der Waals surface area contributed by atoms with E-state index in [2.05, 4.69) is 31.0 Å². The maximum absolute atomic E-state index is 13.6. The molecule has 0 spiro atoms. The van der Waals surface area contributed by atoms with Gasteiger partial charge in [0.15, 0.2) is 5.15 Å². The highest BCUT2D eigenvalue weighted by atomic mass is 35.5. The summed E-state index contributed by atoms with van der Waals surface area (Å²) in [7, 11) is 1.34. The van der Waals surface area contributed by atoms with Gasteiger partial charge in [0, 0.05) is 22.2 Å². The van der Waals surface area contributed by atoms with Crippen LogP contribution in [-0.4, -0.2) is 49.4 Å². The summed E-state index contributed by atoms with van der Waals surface area (Å²) in [6.07, 6.45) is 4.82. The Labute approximate surface area is 261 Å². The Bertz CT molecular complexity index is 1800. The molecule has 0 saturated carbocycles. The van der Waals surface area contributed by atoms with Crippen molar-refractivity contribution in [1.82, 2.24) is 35.7 Å². The molecule has 2 heterocycles. The van der Waals surface area contributed by atoms with E-state index in [-0.39, 0.29) is 23.4 Å². The molecule has 5 aromatic rings. The van der Waals surface area contributed by atoms with Crippen molar-refractivity contribution >= 4 is 41.2 Å². The summed E-state index contributed by atoms with van der Waals surface area (Å²) in [6, 6.07) is 19.4. The number of ether oxygens (including phenoxy) is 1. The van der Waals surface area contributed by atoms with Gasteiger partial charge in [0.1, 0.15) is 12.1 Å². The number of nitrogens with one attached hydrogen (secondary N) is 1. The molecular formula is C31H24Cl2FN7O3. The fourth-order valence-electron chi connectivity index (χ4n) is 4.42. The van der Waals surface area contributed by atoms with Gasteiger partial charge in [0.2, 0.25) is 5.91 Å². The Morgan fingerprint density at radius 3 is 2.45 bits per heavy atom. The normalized spacial score (nSPS) is 11.8. The second kappa shape index (κ2) is 14.0. The molecule has 1 N–H and O–H groups in total. The van der Waals surface area contributed by atoms with Crippen molar-refractivity contribution in [2.24, 2.45) is 0 Å². The third-order valence-electron chi connectivity index (χ3n) is 6.64. The summed E-state index contributed by atoms with van der Waals surface area (Å²) in [5, 5.41) is 23.3. The van der Waals surface area contributed by atoms with E-state index in [4.69, 9.17) is 27.9 Å². The summed E-state index contributed by atoms with van der Waals surface area (Å²) < 4.78 is 19.8. The van der Waals surface area contributed by atoms with Crippen molar-refractivity contribution in [2.45, 2.75) is 18.9 Å². The number of benzene rings is 3. The smallest absolute Gasteiger partial charge is 0.309 e. The van der Waals surface area contributed by atoms with E-state index in [0.717, 1.165) is 16.7 Å².